The van der Waals surface area contributed by atoms with E-state index in [1.807, 2.05) is 50.2 Å². The molecule has 2 heterocycles. The van der Waals surface area contributed by atoms with Crippen LogP contribution >= 0.6 is 11.8 Å². The molecule has 0 aliphatic carbocycles. The fourth-order valence-corrected chi connectivity index (χ4v) is 4.28. The Balaban J connectivity index is 1.36. The van der Waals surface area contributed by atoms with E-state index in [1.165, 1.54) is 5.56 Å². The maximum Gasteiger partial charge on any atom is 0.286 e. The highest BCUT2D eigenvalue weighted by atomic mass is 32.2. The number of hydrogen-bond donors (Lipinski definition) is 1. The van der Waals surface area contributed by atoms with E-state index < -0.39 is 5.25 Å². The molecule has 1 aromatic heterocycles. The average molecular weight is 435 g/mol. The number of aryl methyl sites for hydroxylation is 3. The summed E-state index contributed by atoms with van der Waals surface area (Å²) in [4.78, 5) is 40.2. The maximum atomic E-state index is 12.6. The zero-order chi connectivity index (χ0) is 22.0. The first-order valence-corrected chi connectivity index (χ1v) is 10.9. The van der Waals surface area contributed by atoms with Gasteiger partial charge in [0.15, 0.2) is 5.78 Å². The summed E-state index contributed by atoms with van der Waals surface area (Å²) in [5, 5.41) is 1.57. The molecule has 2 aromatic carbocycles. The monoisotopic (exact) mass is 434 g/mol. The molecule has 1 saturated heterocycles. The van der Waals surface area contributed by atoms with Gasteiger partial charge >= 0.3 is 0 Å². The van der Waals surface area contributed by atoms with E-state index in [2.05, 4.69) is 10.3 Å². The second kappa shape index (κ2) is 8.89. The number of oxazole rings is 1. The van der Waals surface area contributed by atoms with Crippen LogP contribution in [0.5, 0.6) is 0 Å². The molecule has 6 nitrogen and oxygen atoms in total. The highest BCUT2D eigenvalue weighted by Crippen LogP contribution is 2.24. The first kappa shape index (κ1) is 21.1. The molecule has 0 bridgehead atoms. The van der Waals surface area contributed by atoms with Crippen molar-refractivity contribution in [2.24, 2.45) is 0 Å². The largest absolute Gasteiger partial charge is 0.441 e. The molecular weight excluding hydrogens is 412 g/mol. The molecule has 158 valence electrons. The van der Waals surface area contributed by atoms with Crippen molar-refractivity contribution in [2.75, 3.05) is 0 Å². The Morgan fingerprint density at radius 2 is 1.77 bits per heavy atom. The number of rotatable bonds is 7. The average Bonchev–Trinajstić information content (AvgIpc) is 3.28. The predicted molar refractivity (Wildman–Crippen MR) is 119 cm³/mol. The molecule has 31 heavy (non-hydrogen) atoms. The van der Waals surface area contributed by atoms with Crippen molar-refractivity contribution in [3.8, 4) is 11.5 Å². The van der Waals surface area contributed by atoms with Gasteiger partial charge in [-0.05, 0) is 38.0 Å². The Labute approximate surface area is 184 Å². The van der Waals surface area contributed by atoms with Crippen molar-refractivity contribution in [1.29, 1.82) is 0 Å². The van der Waals surface area contributed by atoms with E-state index >= 15 is 0 Å². The van der Waals surface area contributed by atoms with Crippen LogP contribution in [0.2, 0.25) is 0 Å². The molecule has 0 radical (unpaired) electrons. The van der Waals surface area contributed by atoms with Crippen molar-refractivity contribution >= 4 is 28.7 Å². The zero-order valence-electron chi connectivity index (χ0n) is 17.3. The second-order valence-corrected chi connectivity index (χ2v) is 8.77. The highest BCUT2D eigenvalue weighted by molar-refractivity contribution is 8.15. The maximum absolute atomic E-state index is 12.6. The first-order valence-electron chi connectivity index (χ1n) is 10.1. The van der Waals surface area contributed by atoms with Gasteiger partial charge in [-0.3, -0.25) is 19.7 Å². The normalized spacial score (nSPS) is 15.9. The third kappa shape index (κ3) is 4.94. The van der Waals surface area contributed by atoms with Gasteiger partial charge in [-0.15, -0.1) is 0 Å². The van der Waals surface area contributed by atoms with Crippen LogP contribution in [0.3, 0.4) is 0 Å². The van der Waals surface area contributed by atoms with Gasteiger partial charge in [0.25, 0.3) is 5.24 Å². The lowest BCUT2D eigenvalue weighted by atomic mass is 10.0. The number of benzene rings is 2. The minimum atomic E-state index is -0.410. The van der Waals surface area contributed by atoms with E-state index in [0.29, 0.717) is 30.7 Å². The topological polar surface area (TPSA) is 89.3 Å². The van der Waals surface area contributed by atoms with E-state index in [9.17, 15) is 14.4 Å². The summed E-state index contributed by atoms with van der Waals surface area (Å²) in [5.41, 5.74) is 4.40. The Morgan fingerprint density at radius 3 is 2.42 bits per heavy atom. The van der Waals surface area contributed by atoms with E-state index in [-0.39, 0.29) is 16.9 Å². The molecule has 7 heteroatoms. The molecule has 0 spiro atoms. The SMILES string of the molecule is Cc1ccc(-c2nc(CCC(=O)c3ccc(CC4SC(=O)NC4=O)cc3)c(C)o2)cc1. The number of ketones is 1. The van der Waals surface area contributed by atoms with Crippen LogP contribution in [-0.2, 0) is 17.6 Å². The molecule has 1 fully saturated rings. The molecule has 4 rings (SSSR count). The second-order valence-electron chi connectivity index (χ2n) is 7.60. The van der Waals surface area contributed by atoms with Crippen molar-refractivity contribution in [3.05, 3.63) is 76.7 Å². The van der Waals surface area contributed by atoms with Crippen LogP contribution < -0.4 is 5.32 Å². The van der Waals surface area contributed by atoms with Crippen molar-refractivity contribution in [2.45, 2.75) is 38.4 Å². The predicted octanol–water partition coefficient (Wildman–Crippen LogP) is 4.67. The smallest absolute Gasteiger partial charge is 0.286 e. The zero-order valence-corrected chi connectivity index (χ0v) is 18.1. The van der Waals surface area contributed by atoms with E-state index in [0.717, 1.165) is 34.3 Å². The van der Waals surface area contributed by atoms with Crippen molar-refractivity contribution < 1.29 is 18.8 Å². The third-order valence-corrected chi connectivity index (χ3v) is 6.23. The van der Waals surface area contributed by atoms with Gasteiger partial charge in [0.1, 0.15) is 5.76 Å². The standard InChI is InChI=1S/C24H22N2O4S/c1-14-3-7-18(8-4-14)23-25-19(15(2)30-23)11-12-20(27)17-9-5-16(6-10-17)13-21-22(28)26-24(29)31-21/h3-10,21H,11-13H2,1-2H3,(H,26,28,29). The molecule has 0 saturated carbocycles. The van der Waals surface area contributed by atoms with Crippen LogP contribution in [0.1, 0.15) is 39.4 Å². The van der Waals surface area contributed by atoms with Gasteiger partial charge in [-0.25, -0.2) is 4.98 Å². The van der Waals surface area contributed by atoms with Gasteiger partial charge in [-0.2, -0.15) is 0 Å². The van der Waals surface area contributed by atoms with Gasteiger partial charge < -0.3 is 4.42 Å². The summed E-state index contributed by atoms with van der Waals surface area (Å²) < 4.78 is 5.79. The summed E-state index contributed by atoms with van der Waals surface area (Å²) >= 11 is 1.00. The number of hydrogen-bond acceptors (Lipinski definition) is 6. The number of carbonyl (C=O) groups excluding carboxylic acids is 3. The van der Waals surface area contributed by atoms with Crippen LogP contribution in [0, 0.1) is 13.8 Å². The van der Waals surface area contributed by atoms with Crippen molar-refractivity contribution in [1.82, 2.24) is 10.3 Å². The Morgan fingerprint density at radius 1 is 1.06 bits per heavy atom. The van der Waals surface area contributed by atoms with Gasteiger partial charge in [-0.1, -0.05) is 53.7 Å². The summed E-state index contributed by atoms with van der Waals surface area (Å²) in [6.45, 7) is 3.89. The van der Waals surface area contributed by atoms with E-state index in [4.69, 9.17) is 4.42 Å². The number of Topliss-reactive ketones (excluding diaryl/α,β-unsaturated/α-hetero) is 1. The molecule has 2 amide bonds. The number of imide groups is 1. The van der Waals surface area contributed by atoms with Crippen LogP contribution in [0.25, 0.3) is 11.5 Å². The van der Waals surface area contributed by atoms with E-state index in [1.54, 1.807) is 12.1 Å². The Hall–Kier alpha value is -3.19. The summed E-state index contributed by atoms with van der Waals surface area (Å²) in [7, 11) is 0. The molecule has 1 aliphatic rings. The first-order chi connectivity index (χ1) is 14.9. The number of aromatic nitrogens is 1. The van der Waals surface area contributed by atoms with Gasteiger partial charge in [0.2, 0.25) is 11.8 Å². The number of amides is 2. The lowest BCUT2D eigenvalue weighted by Gasteiger charge is -2.06. The molecule has 3 aromatic rings. The number of nitrogens with one attached hydrogen (secondary N) is 1. The summed E-state index contributed by atoms with van der Waals surface area (Å²) in [6.07, 6.45) is 1.29. The Bertz CT molecular complexity index is 1130. The third-order valence-electron chi connectivity index (χ3n) is 5.24. The molecule has 1 aliphatic heterocycles. The Kier molecular flexibility index (Phi) is 6.04. The number of nitrogens with zero attached hydrogens (tertiary/aromatic N) is 1. The molecule has 1 N–H and O–H groups in total. The minimum Gasteiger partial charge on any atom is -0.441 e. The minimum absolute atomic E-state index is 0.0222. The quantitative estimate of drug-likeness (QED) is 0.544. The molecule has 1 unspecified atom stereocenters. The van der Waals surface area contributed by atoms with Gasteiger partial charge in [0, 0.05) is 24.0 Å². The summed E-state index contributed by atoms with van der Waals surface area (Å²) in [6, 6.07) is 15.2. The van der Waals surface area contributed by atoms with Crippen LogP contribution in [0.4, 0.5) is 4.79 Å². The van der Waals surface area contributed by atoms with Crippen LogP contribution in [0.15, 0.2) is 52.9 Å². The lowest BCUT2D eigenvalue weighted by molar-refractivity contribution is -0.118. The number of carbonyl (C=O) groups is 3. The molecular formula is C24H22N2O4S. The molecule has 1 atom stereocenters. The number of thioether (sulfide) groups is 1. The fourth-order valence-electron chi connectivity index (χ4n) is 3.42. The van der Waals surface area contributed by atoms with Crippen molar-refractivity contribution in [3.63, 3.8) is 0 Å². The lowest BCUT2D eigenvalue weighted by Crippen LogP contribution is -2.25. The van der Waals surface area contributed by atoms with Crippen LogP contribution in [-0.4, -0.2) is 27.2 Å². The fraction of sp³-hybridized carbons (Fsp3) is 0.250. The van der Waals surface area contributed by atoms with Gasteiger partial charge in [0.05, 0.1) is 10.9 Å². The summed E-state index contributed by atoms with van der Waals surface area (Å²) in [5.74, 6) is 1.05. The highest BCUT2D eigenvalue weighted by Gasteiger charge is 2.31.